The van der Waals surface area contributed by atoms with Gasteiger partial charge in [-0.3, -0.25) is 4.79 Å². The molecule has 1 amide bonds. The first-order chi connectivity index (χ1) is 9.08. The van der Waals surface area contributed by atoms with E-state index >= 15 is 0 Å². The Hall–Kier alpha value is -0.610. The third-order valence-corrected chi connectivity index (χ3v) is 4.32. The standard InChI is InChI=1S/C15H30N2O2/c1-4-12(5-2)14(18)10-16-11(3)15(19)17-13-8-6-7-9-13/h11-14,16,18H,4-10H2,1-3H3,(H,17,19). The van der Waals surface area contributed by atoms with Crippen LogP contribution >= 0.6 is 0 Å². The zero-order valence-corrected chi connectivity index (χ0v) is 12.6. The summed E-state index contributed by atoms with van der Waals surface area (Å²) in [4.78, 5) is 12.0. The van der Waals surface area contributed by atoms with Gasteiger partial charge in [-0.05, 0) is 25.7 Å². The number of hydrogen-bond acceptors (Lipinski definition) is 3. The predicted molar refractivity (Wildman–Crippen MR) is 77.9 cm³/mol. The van der Waals surface area contributed by atoms with Gasteiger partial charge in [-0.2, -0.15) is 0 Å². The van der Waals surface area contributed by atoms with Crippen LogP contribution in [0.2, 0.25) is 0 Å². The Morgan fingerprint density at radius 1 is 1.26 bits per heavy atom. The fraction of sp³-hybridized carbons (Fsp3) is 0.933. The lowest BCUT2D eigenvalue weighted by atomic mass is 9.96. The van der Waals surface area contributed by atoms with Crippen molar-refractivity contribution in [3.63, 3.8) is 0 Å². The van der Waals surface area contributed by atoms with Crippen molar-refractivity contribution < 1.29 is 9.90 Å². The Kier molecular flexibility index (Phi) is 7.39. The zero-order valence-electron chi connectivity index (χ0n) is 12.6. The maximum atomic E-state index is 12.0. The van der Waals surface area contributed by atoms with Gasteiger partial charge in [0.05, 0.1) is 12.1 Å². The predicted octanol–water partition coefficient (Wildman–Crippen LogP) is 1.82. The molecule has 0 aromatic carbocycles. The van der Waals surface area contributed by atoms with E-state index in [-0.39, 0.29) is 18.1 Å². The lowest BCUT2D eigenvalue weighted by Gasteiger charge is -2.23. The number of nitrogens with one attached hydrogen (secondary N) is 2. The minimum Gasteiger partial charge on any atom is -0.392 e. The first-order valence-electron chi connectivity index (χ1n) is 7.80. The van der Waals surface area contributed by atoms with Crippen LogP contribution in [0.25, 0.3) is 0 Å². The highest BCUT2D eigenvalue weighted by Crippen LogP contribution is 2.17. The number of aliphatic hydroxyl groups excluding tert-OH is 1. The van der Waals surface area contributed by atoms with Gasteiger partial charge in [0.2, 0.25) is 5.91 Å². The summed E-state index contributed by atoms with van der Waals surface area (Å²) in [6, 6.07) is 0.130. The number of carbonyl (C=O) groups excluding carboxylic acids is 1. The lowest BCUT2D eigenvalue weighted by Crippen LogP contribution is -2.48. The van der Waals surface area contributed by atoms with Crippen molar-refractivity contribution in [1.82, 2.24) is 10.6 Å². The van der Waals surface area contributed by atoms with Crippen LogP contribution < -0.4 is 10.6 Å². The molecule has 1 aliphatic rings. The van der Waals surface area contributed by atoms with Gasteiger partial charge in [-0.25, -0.2) is 0 Å². The molecule has 0 saturated heterocycles. The van der Waals surface area contributed by atoms with E-state index < -0.39 is 0 Å². The Bertz CT molecular complexity index is 261. The fourth-order valence-corrected chi connectivity index (χ4v) is 2.79. The van der Waals surface area contributed by atoms with Crippen LogP contribution in [0.3, 0.4) is 0 Å². The Balaban J connectivity index is 2.25. The molecule has 2 atom stereocenters. The van der Waals surface area contributed by atoms with E-state index in [2.05, 4.69) is 24.5 Å². The molecule has 112 valence electrons. The summed E-state index contributed by atoms with van der Waals surface area (Å²) in [5, 5.41) is 16.2. The first-order valence-corrected chi connectivity index (χ1v) is 7.80. The van der Waals surface area contributed by atoms with E-state index in [4.69, 9.17) is 0 Å². The SMILES string of the molecule is CCC(CC)C(O)CNC(C)C(=O)NC1CCCC1. The zero-order chi connectivity index (χ0) is 14.3. The largest absolute Gasteiger partial charge is 0.392 e. The Labute approximate surface area is 117 Å². The van der Waals surface area contributed by atoms with Crippen molar-refractivity contribution in [2.24, 2.45) is 5.92 Å². The molecule has 4 nitrogen and oxygen atoms in total. The van der Waals surface area contributed by atoms with Gasteiger partial charge < -0.3 is 15.7 Å². The van der Waals surface area contributed by atoms with Crippen molar-refractivity contribution in [2.45, 2.75) is 77.5 Å². The third-order valence-electron chi connectivity index (χ3n) is 4.32. The number of amides is 1. The smallest absolute Gasteiger partial charge is 0.237 e. The van der Waals surface area contributed by atoms with E-state index in [0.29, 0.717) is 18.5 Å². The normalized spacial score (nSPS) is 19.6. The summed E-state index contributed by atoms with van der Waals surface area (Å²) < 4.78 is 0. The summed E-state index contributed by atoms with van der Waals surface area (Å²) in [5.41, 5.74) is 0. The van der Waals surface area contributed by atoms with Crippen LogP contribution in [0.1, 0.15) is 59.3 Å². The van der Waals surface area contributed by atoms with Crippen molar-refractivity contribution in [3.05, 3.63) is 0 Å². The summed E-state index contributed by atoms with van der Waals surface area (Å²) in [5.74, 6) is 0.376. The fourth-order valence-electron chi connectivity index (χ4n) is 2.79. The maximum Gasteiger partial charge on any atom is 0.237 e. The van der Waals surface area contributed by atoms with E-state index in [1.165, 1.54) is 12.8 Å². The minimum atomic E-state index is -0.364. The molecular weight excluding hydrogens is 240 g/mol. The third kappa shape index (κ3) is 5.49. The average molecular weight is 270 g/mol. The second kappa shape index (κ2) is 8.54. The number of carbonyl (C=O) groups is 1. The van der Waals surface area contributed by atoms with E-state index in [1.54, 1.807) is 0 Å². The topological polar surface area (TPSA) is 61.4 Å². The second-order valence-corrected chi connectivity index (χ2v) is 5.76. The van der Waals surface area contributed by atoms with Crippen LogP contribution in [-0.4, -0.2) is 35.7 Å². The molecule has 0 aliphatic heterocycles. The van der Waals surface area contributed by atoms with Crippen molar-refractivity contribution in [3.8, 4) is 0 Å². The highest BCUT2D eigenvalue weighted by Gasteiger charge is 2.22. The van der Waals surface area contributed by atoms with E-state index in [1.807, 2.05) is 6.92 Å². The molecule has 2 unspecified atom stereocenters. The van der Waals surface area contributed by atoms with Gasteiger partial charge in [0.1, 0.15) is 0 Å². The molecule has 0 radical (unpaired) electrons. The van der Waals surface area contributed by atoms with Crippen LogP contribution in [0.4, 0.5) is 0 Å². The molecular formula is C15H30N2O2. The minimum absolute atomic E-state index is 0.0589. The second-order valence-electron chi connectivity index (χ2n) is 5.76. The van der Waals surface area contributed by atoms with Gasteiger partial charge >= 0.3 is 0 Å². The monoisotopic (exact) mass is 270 g/mol. The van der Waals surface area contributed by atoms with Crippen LogP contribution in [-0.2, 0) is 4.79 Å². The van der Waals surface area contributed by atoms with Crippen molar-refractivity contribution >= 4 is 5.91 Å². The summed E-state index contributed by atoms with van der Waals surface area (Å²) in [7, 11) is 0. The molecule has 3 N–H and O–H groups in total. The number of rotatable bonds is 8. The Morgan fingerprint density at radius 2 is 1.84 bits per heavy atom. The lowest BCUT2D eigenvalue weighted by molar-refractivity contribution is -0.123. The van der Waals surface area contributed by atoms with Gasteiger partial charge in [-0.1, -0.05) is 39.5 Å². The molecule has 0 spiro atoms. The van der Waals surface area contributed by atoms with Crippen LogP contribution in [0.15, 0.2) is 0 Å². The van der Waals surface area contributed by atoms with E-state index in [0.717, 1.165) is 25.7 Å². The molecule has 0 heterocycles. The molecule has 0 aromatic rings. The molecule has 0 aromatic heterocycles. The van der Waals surface area contributed by atoms with Crippen molar-refractivity contribution in [2.75, 3.05) is 6.54 Å². The summed E-state index contributed by atoms with van der Waals surface area (Å²) >= 11 is 0. The van der Waals surface area contributed by atoms with Gasteiger partial charge in [0.25, 0.3) is 0 Å². The number of aliphatic hydroxyl groups is 1. The Morgan fingerprint density at radius 3 is 2.37 bits per heavy atom. The van der Waals surface area contributed by atoms with Crippen LogP contribution in [0, 0.1) is 5.92 Å². The molecule has 19 heavy (non-hydrogen) atoms. The summed E-state index contributed by atoms with van der Waals surface area (Å²) in [6.07, 6.45) is 6.24. The summed E-state index contributed by atoms with van der Waals surface area (Å²) in [6.45, 7) is 6.54. The molecule has 0 bridgehead atoms. The molecule has 1 saturated carbocycles. The van der Waals surface area contributed by atoms with Gasteiger partial charge in [-0.15, -0.1) is 0 Å². The van der Waals surface area contributed by atoms with E-state index in [9.17, 15) is 9.90 Å². The maximum absolute atomic E-state index is 12.0. The molecule has 1 rings (SSSR count). The van der Waals surface area contributed by atoms with Crippen molar-refractivity contribution in [1.29, 1.82) is 0 Å². The molecule has 4 heteroatoms. The quantitative estimate of drug-likeness (QED) is 0.630. The highest BCUT2D eigenvalue weighted by molar-refractivity contribution is 5.81. The highest BCUT2D eigenvalue weighted by atomic mass is 16.3. The molecule has 1 aliphatic carbocycles. The number of hydrogen-bond donors (Lipinski definition) is 3. The first kappa shape index (κ1) is 16.4. The molecule has 1 fully saturated rings. The average Bonchev–Trinajstić information content (AvgIpc) is 2.90. The van der Waals surface area contributed by atoms with Crippen LogP contribution in [0.5, 0.6) is 0 Å². The van der Waals surface area contributed by atoms with Gasteiger partial charge in [0.15, 0.2) is 0 Å². The van der Waals surface area contributed by atoms with Gasteiger partial charge in [0, 0.05) is 12.6 Å².